The molecule has 0 amide bonds. The number of alkyl halides is 1. The zero-order valence-electron chi connectivity index (χ0n) is 11.8. The highest BCUT2D eigenvalue weighted by molar-refractivity contribution is 6.31. The molecule has 0 radical (unpaired) electrons. The van der Waals surface area contributed by atoms with Crippen LogP contribution in [0.3, 0.4) is 0 Å². The van der Waals surface area contributed by atoms with Crippen molar-refractivity contribution in [3.8, 4) is 5.69 Å². The molecule has 0 unspecified atom stereocenters. The predicted molar refractivity (Wildman–Crippen MR) is 90.0 cm³/mol. The fourth-order valence-electron chi connectivity index (χ4n) is 2.39. The van der Waals surface area contributed by atoms with Gasteiger partial charge in [0.15, 0.2) is 0 Å². The number of rotatable bonds is 3. The Hall–Kier alpha value is -1.71. The first kappa shape index (κ1) is 14.2. The predicted octanol–water partition coefficient (Wildman–Crippen LogP) is 4.48. The molecule has 0 aliphatic rings. The Morgan fingerprint density at radius 3 is 2.67 bits per heavy atom. The molecule has 0 N–H and O–H groups in total. The first-order chi connectivity index (χ1) is 10.1. The average Bonchev–Trinajstić information content (AvgIpc) is 2.84. The molecular weight excluding hydrogens is 305 g/mol. The maximum absolute atomic E-state index is 6.07. The minimum Gasteiger partial charge on any atom is -0.378 e. The van der Waals surface area contributed by atoms with Gasteiger partial charge in [0.25, 0.3) is 0 Å². The van der Waals surface area contributed by atoms with Crippen molar-refractivity contribution in [3.05, 3.63) is 53.3 Å². The van der Waals surface area contributed by atoms with Crippen LogP contribution in [0.5, 0.6) is 0 Å². The van der Waals surface area contributed by atoms with Crippen LogP contribution in [-0.2, 0) is 5.88 Å². The molecule has 0 aliphatic heterocycles. The number of imidazole rings is 1. The van der Waals surface area contributed by atoms with Crippen LogP contribution in [-0.4, -0.2) is 23.6 Å². The van der Waals surface area contributed by atoms with Crippen molar-refractivity contribution in [1.29, 1.82) is 0 Å². The molecule has 0 spiro atoms. The molecule has 2 aromatic carbocycles. The summed E-state index contributed by atoms with van der Waals surface area (Å²) in [4.78, 5) is 6.65. The lowest BCUT2D eigenvalue weighted by Gasteiger charge is -2.15. The maximum Gasteiger partial charge on any atom is 0.129 e. The van der Waals surface area contributed by atoms with Crippen molar-refractivity contribution < 1.29 is 0 Å². The SMILES string of the molecule is CN(C)c1cccc(-n2c(CCl)nc3cc(Cl)ccc32)c1. The van der Waals surface area contributed by atoms with Gasteiger partial charge in [-0.1, -0.05) is 17.7 Å². The zero-order chi connectivity index (χ0) is 15.0. The van der Waals surface area contributed by atoms with Gasteiger partial charge >= 0.3 is 0 Å². The monoisotopic (exact) mass is 319 g/mol. The summed E-state index contributed by atoms with van der Waals surface area (Å²) in [7, 11) is 4.04. The lowest BCUT2D eigenvalue weighted by atomic mass is 10.2. The maximum atomic E-state index is 6.07. The molecule has 3 aromatic rings. The van der Waals surface area contributed by atoms with Crippen molar-refractivity contribution >= 4 is 39.9 Å². The minimum atomic E-state index is 0.346. The van der Waals surface area contributed by atoms with Crippen LogP contribution in [0.1, 0.15) is 5.82 Å². The molecular formula is C16H15Cl2N3. The van der Waals surface area contributed by atoms with Crippen LogP contribution in [0, 0.1) is 0 Å². The molecule has 0 saturated heterocycles. The number of hydrogen-bond donors (Lipinski definition) is 0. The Balaban J connectivity index is 2.25. The summed E-state index contributed by atoms with van der Waals surface area (Å²) in [6, 6.07) is 14.0. The zero-order valence-corrected chi connectivity index (χ0v) is 13.4. The van der Waals surface area contributed by atoms with Crippen LogP contribution < -0.4 is 4.90 Å². The molecule has 0 atom stereocenters. The van der Waals surface area contributed by atoms with E-state index < -0.39 is 0 Å². The molecule has 1 heterocycles. The molecule has 21 heavy (non-hydrogen) atoms. The van der Waals surface area contributed by atoms with Crippen molar-refractivity contribution in [1.82, 2.24) is 9.55 Å². The van der Waals surface area contributed by atoms with E-state index in [4.69, 9.17) is 23.2 Å². The fraction of sp³-hybridized carbons (Fsp3) is 0.188. The third kappa shape index (κ3) is 2.59. The average molecular weight is 320 g/mol. The summed E-state index contributed by atoms with van der Waals surface area (Å²) in [6.07, 6.45) is 0. The van der Waals surface area contributed by atoms with Gasteiger partial charge in [-0.05, 0) is 36.4 Å². The van der Waals surface area contributed by atoms with Gasteiger partial charge in [0.05, 0.1) is 16.9 Å². The van der Waals surface area contributed by atoms with E-state index in [2.05, 4.69) is 32.7 Å². The largest absolute Gasteiger partial charge is 0.378 e. The van der Waals surface area contributed by atoms with E-state index in [0.717, 1.165) is 28.2 Å². The van der Waals surface area contributed by atoms with Gasteiger partial charge in [-0.3, -0.25) is 4.57 Å². The van der Waals surface area contributed by atoms with Gasteiger partial charge in [0, 0.05) is 30.5 Å². The minimum absolute atomic E-state index is 0.346. The van der Waals surface area contributed by atoms with Crippen LogP contribution in [0.25, 0.3) is 16.7 Å². The van der Waals surface area contributed by atoms with E-state index in [1.807, 2.05) is 38.4 Å². The molecule has 5 heteroatoms. The first-order valence-electron chi connectivity index (χ1n) is 6.61. The summed E-state index contributed by atoms with van der Waals surface area (Å²) in [5, 5.41) is 0.676. The second-order valence-electron chi connectivity index (χ2n) is 5.04. The summed E-state index contributed by atoms with van der Waals surface area (Å²) >= 11 is 12.1. The highest BCUT2D eigenvalue weighted by Gasteiger charge is 2.12. The van der Waals surface area contributed by atoms with Crippen LogP contribution >= 0.6 is 23.2 Å². The molecule has 0 fully saturated rings. The van der Waals surface area contributed by atoms with Gasteiger partial charge < -0.3 is 4.90 Å². The van der Waals surface area contributed by atoms with Crippen LogP contribution in [0.4, 0.5) is 5.69 Å². The normalized spacial score (nSPS) is 11.0. The van der Waals surface area contributed by atoms with Crippen molar-refractivity contribution in [2.24, 2.45) is 0 Å². The van der Waals surface area contributed by atoms with E-state index in [0.29, 0.717) is 10.9 Å². The third-order valence-electron chi connectivity index (χ3n) is 3.41. The number of anilines is 1. The lowest BCUT2D eigenvalue weighted by molar-refractivity contribution is 0.979. The lowest BCUT2D eigenvalue weighted by Crippen LogP contribution is -2.09. The van der Waals surface area contributed by atoms with E-state index in [-0.39, 0.29) is 0 Å². The highest BCUT2D eigenvalue weighted by atomic mass is 35.5. The van der Waals surface area contributed by atoms with Gasteiger partial charge in [0.2, 0.25) is 0 Å². The van der Waals surface area contributed by atoms with Gasteiger partial charge in [0.1, 0.15) is 5.82 Å². The van der Waals surface area contributed by atoms with Crippen molar-refractivity contribution in [2.45, 2.75) is 5.88 Å². The summed E-state index contributed by atoms with van der Waals surface area (Å²) in [5.41, 5.74) is 4.03. The third-order valence-corrected chi connectivity index (χ3v) is 3.88. The summed E-state index contributed by atoms with van der Waals surface area (Å²) in [6.45, 7) is 0. The van der Waals surface area contributed by atoms with E-state index >= 15 is 0 Å². The van der Waals surface area contributed by atoms with Gasteiger partial charge in [-0.2, -0.15) is 0 Å². The molecule has 3 nitrogen and oxygen atoms in total. The smallest absolute Gasteiger partial charge is 0.129 e. The second kappa shape index (κ2) is 5.58. The summed E-state index contributed by atoms with van der Waals surface area (Å²) in [5.74, 6) is 1.16. The number of fused-ring (bicyclic) bond motifs is 1. The Morgan fingerprint density at radius 1 is 1.14 bits per heavy atom. The topological polar surface area (TPSA) is 21.1 Å². The standard InChI is InChI=1S/C16H15Cl2N3/c1-20(2)12-4-3-5-13(9-12)21-15-7-6-11(18)8-14(15)19-16(21)10-17/h3-9H,10H2,1-2H3. The number of aromatic nitrogens is 2. The van der Waals surface area contributed by atoms with Gasteiger partial charge in [-0.15, -0.1) is 11.6 Å². The fourth-order valence-corrected chi connectivity index (χ4v) is 2.74. The number of nitrogens with zero attached hydrogens (tertiary/aromatic N) is 3. The Morgan fingerprint density at radius 2 is 1.95 bits per heavy atom. The second-order valence-corrected chi connectivity index (χ2v) is 5.75. The number of benzene rings is 2. The Labute approximate surface area is 133 Å². The highest BCUT2D eigenvalue weighted by Crippen LogP contribution is 2.26. The quantitative estimate of drug-likeness (QED) is 0.663. The van der Waals surface area contributed by atoms with Crippen LogP contribution in [0.2, 0.25) is 5.02 Å². The van der Waals surface area contributed by atoms with Crippen LogP contribution in [0.15, 0.2) is 42.5 Å². The molecule has 1 aromatic heterocycles. The molecule has 0 saturated carbocycles. The molecule has 0 bridgehead atoms. The molecule has 0 aliphatic carbocycles. The van der Waals surface area contributed by atoms with Gasteiger partial charge in [-0.25, -0.2) is 4.98 Å². The van der Waals surface area contributed by atoms with Crippen molar-refractivity contribution in [2.75, 3.05) is 19.0 Å². The first-order valence-corrected chi connectivity index (χ1v) is 7.52. The molecule has 108 valence electrons. The summed E-state index contributed by atoms with van der Waals surface area (Å²) < 4.78 is 2.08. The van der Waals surface area contributed by atoms with E-state index in [9.17, 15) is 0 Å². The molecule has 3 rings (SSSR count). The van der Waals surface area contributed by atoms with E-state index in [1.165, 1.54) is 0 Å². The number of hydrogen-bond acceptors (Lipinski definition) is 2. The Kier molecular flexibility index (Phi) is 3.79. The Bertz CT molecular complexity index is 793. The van der Waals surface area contributed by atoms with Crippen molar-refractivity contribution in [3.63, 3.8) is 0 Å². The van der Waals surface area contributed by atoms with E-state index in [1.54, 1.807) is 0 Å². The number of halogens is 2.